The number of hydrogen-bond acceptors (Lipinski definition) is 3. The van der Waals surface area contributed by atoms with Crippen LogP contribution in [-0.2, 0) is 11.3 Å². The lowest BCUT2D eigenvalue weighted by Crippen LogP contribution is -2.20. The van der Waals surface area contributed by atoms with Crippen LogP contribution >= 0.6 is 11.3 Å². The van der Waals surface area contributed by atoms with E-state index in [9.17, 15) is 0 Å². The minimum absolute atomic E-state index is 0.420. The van der Waals surface area contributed by atoms with Crippen LogP contribution in [0, 0.1) is 11.8 Å². The molecule has 0 aromatic carbocycles. The van der Waals surface area contributed by atoms with Crippen molar-refractivity contribution in [2.24, 2.45) is 5.73 Å². The van der Waals surface area contributed by atoms with Crippen molar-refractivity contribution in [1.82, 2.24) is 0 Å². The maximum absolute atomic E-state index is 5.72. The van der Waals surface area contributed by atoms with Crippen molar-refractivity contribution >= 4 is 11.3 Å². The van der Waals surface area contributed by atoms with Crippen LogP contribution in [0.1, 0.15) is 29.7 Å². The predicted octanol–water partition coefficient (Wildman–Crippen LogP) is 2.13. The SMILES string of the molecule is NCC#Cc1csc(COC2CCC2)c1. The summed E-state index contributed by atoms with van der Waals surface area (Å²) in [5.74, 6) is 5.87. The van der Waals surface area contributed by atoms with Crippen LogP contribution in [0.25, 0.3) is 0 Å². The molecule has 1 heterocycles. The molecule has 80 valence electrons. The molecular formula is C12H15NOS. The first-order valence-electron chi connectivity index (χ1n) is 5.26. The van der Waals surface area contributed by atoms with Crippen LogP contribution in [0.15, 0.2) is 11.4 Å². The second kappa shape index (κ2) is 5.32. The average Bonchev–Trinajstić information content (AvgIpc) is 2.60. The third-order valence-corrected chi connectivity index (χ3v) is 3.41. The zero-order valence-corrected chi connectivity index (χ0v) is 9.48. The van der Waals surface area contributed by atoms with E-state index in [1.54, 1.807) is 11.3 Å². The predicted molar refractivity (Wildman–Crippen MR) is 62.7 cm³/mol. The molecule has 2 nitrogen and oxygen atoms in total. The van der Waals surface area contributed by atoms with Crippen molar-refractivity contribution in [3.05, 3.63) is 21.9 Å². The van der Waals surface area contributed by atoms with Gasteiger partial charge >= 0.3 is 0 Å². The Morgan fingerprint density at radius 2 is 2.40 bits per heavy atom. The fraction of sp³-hybridized carbons (Fsp3) is 0.500. The van der Waals surface area contributed by atoms with E-state index in [1.807, 2.05) is 0 Å². The molecule has 3 heteroatoms. The number of rotatable bonds is 3. The molecule has 15 heavy (non-hydrogen) atoms. The van der Waals surface area contributed by atoms with Gasteiger partial charge in [0.05, 0.1) is 19.3 Å². The first-order valence-corrected chi connectivity index (χ1v) is 6.14. The second-order valence-corrected chi connectivity index (χ2v) is 4.67. The molecule has 1 aliphatic carbocycles. The summed E-state index contributed by atoms with van der Waals surface area (Å²) in [6.45, 7) is 1.16. The Kier molecular flexibility index (Phi) is 3.79. The fourth-order valence-corrected chi connectivity index (χ4v) is 2.15. The average molecular weight is 221 g/mol. The van der Waals surface area contributed by atoms with Gasteiger partial charge in [0.2, 0.25) is 0 Å². The minimum atomic E-state index is 0.420. The molecule has 2 N–H and O–H groups in total. The van der Waals surface area contributed by atoms with Gasteiger partial charge in [0.25, 0.3) is 0 Å². The molecule has 1 saturated carbocycles. The van der Waals surface area contributed by atoms with E-state index >= 15 is 0 Å². The Balaban J connectivity index is 1.83. The highest BCUT2D eigenvalue weighted by Crippen LogP contribution is 2.24. The van der Waals surface area contributed by atoms with Crippen LogP contribution in [0.2, 0.25) is 0 Å². The molecule has 2 rings (SSSR count). The maximum Gasteiger partial charge on any atom is 0.0813 e. The van der Waals surface area contributed by atoms with Gasteiger partial charge in [-0.25, -0.2) is 0 Å². The molecule has 0 spiro atoms. The number of hydrogen-bond donors (Lipinski definition) is 1. The van der Waals surface area contributed by atoms with Crippen LogP contribution < -0.4 is 5.73 Å². The summed E-state index contributed by atoms with van der Waals surface area (Å²) in [5, 5.41) is 2.06. The summed E-state index contributed by atoms with van der Waals surface area (Å²) >= 11 is 1.71. The Labute approximate surface area is 94.4 Å². The van der Waals surface area contributed by atoms with E-state index in [0.717, 1.165) is 12.2 Å². The third-order valence-electron chi connectivity index (χ3n) is 2.50. The van der Waals surface area contributed by atoms with Crippen LogP contribution in [0.4, 0.5) is 0 Å². The molecule has 0 atom stereocenters. The molecule has 0 radical (unpaired) electrons. The molecular weight excluding hydrogens is 206 g/mol. The normalized spacial score (nSPS) is 15.5. The van der Waals surface area contributed by atoms with Crippen molar-refractivity contribution in [1.29, 1.82) is 0 Å². The summed E-state index contributed by atoms with van der Waals surface area (Å²) in [7, 11) is 0. The highest BCUT2D eigenvalue weighted by atomic mass is 32.1. The van der Waals surface area contributed by atoms with Gasteiger partial charge in [-0.05, 0) is 25.3 Å². The quantitative estimate of drug-likeness (QED) is 0.794. The van der Waals surface area contributed by atoms with Crippen molar-refractivity contribution in [2.45, 2.75) is 32.0 Å². The number of nitrogens with two attached hydrogens (primary N) is 1. The van der Waals surface area contributed by atoms with Crippen molar-refractivity contribution in [3.63, 3.8) is 0 Å². The van der Waals surface area contributed by atoms with Gasteiger partial charge in [-0.1, -0.05) is 11.8 Å². The first kappa shape index (κ1) is 10.7. The van der Waals surface area contributed by atoms with Crippen molar-refractivity contribution in [3.8, 4) is 11.8 Å². The lowest BCUT2D eigenvalue weighted by Gasteiger charge is -2.25. The molecule has 1 aromatic rings. The van der Waals surface area contributed by atoms with E-state index in [0.29, 0.717) is 12.6 Å². The summed E-state index contributed by atoms with van der Waals surface area (Å²) < 4.78 is 5.72. The van der Waals surface area contributed by atoms with E-state index in [-0.39, 0.29) is 0 Å². The molecule has 0 unspecified atom stereocenters. The second-order valence-electron chi connectivity index (χ2n) is 3.67. The summed E-state index contributed by atoms with van der Waals surface area (Å²) in [5.41, 5.74) is 6.37. The fourth-order valence-electron chi connectivity index (χ4n) is 1.41. The monoisotopic (exact) mass is 221 g/mol. The summed E-state index contributed by atoms with van der Waals surface area (Å²) in [4.78, 5) is 1.25. The van der Waals surface area contributed by atoms with E-state index < -0.39 is 0 Å². The standard InChI is InChI=1S/C12H15NOS/c13-6-2-3-10-7-12(15-9-10)8-14-11-4-1-5-11/h7,9,11H,1,4-6,8,13H2. The molecule has 1 aromatic heterocycles. The number of ether oxygens (including phenoxy) is 1. The topological polar surface area (TPSA) is 35.2 Å². The smallest absolute Gasteiger partial charge is 0.0813 e. The highest BCUT2D eigenvalue weighted by molar-refractivity contribution is 7.10. The van der Waals surface area contributed by atoms with E-state index in [2.05, 4.69) is 23.3 Å². The molecule has 0 bridgehead atoms. The molecule has 1 aliphatic rings. The van der Waals surface area contributed by atoms with Crippen LogP contribution in [0.5, 0.6) is 0 Å². The van der Waals surface area contributed by atoms with Gasteiger partial charge in [-0.3, -0.25) is 0 Å². The lowest BCUT2D eigenvalue weighted by molar-refractivity contribution is -0.00744. The zero-order chi connectivity index (χ0) is 10.5. The first-order chi connectivity index (χ1) is 7.38. The van der Waals surface area contributed by atoms with Gasteiger partial charge < -0.3 is 10.5 Å². The van der Waals surface area contributed by atoms with Crippen LogP contribution in [0.3, 0.4) is 0 Å². The zero-order valence-electron chi connectivity index (χ0n) is 8.66. The Morgan fingerprint density at radius 1 is 1.53 bits per heavy atom. The van der Waals surface area contributed by atoms with Crippen molar-refractivity contribution < 1.29 is 4.74 Å². The largest absolute Gasteiger partial charge is 0.373 e. The highest BCUT2D eigenvalue weighted by Gasteiger charge is 2.17. The Bertz CT molecular complexity index is 370. The Morgan fingerprint density at radius 3 is 3.07 bits per heavy atom. The van der Waals surface area contributed by atoms with Crippen molar-refractivity contribution in [2.75, 3.05) is 6.54 Å². The summed E-state index contributed by atoms with van der Waals surface area (Å²) in [6.07, 6.45) is 4.28. The number of thiophene rings is 1. The molecule has 0 saturated heterocycles. The van der Waals surface area contributed by atoms with Gasteiger partial charge in [0.15, 0.2) is 0 Å². The minimum Gasteiger partial charge on any atom is -0.373 e. The Hall–Kier alpha value is -0.820. The molecule has 1 fully saturated rings. The van der Waals surface area contributed by atoms with E-state index in [4.69, 9.17) is 10.5 Å². The summed E-state index contributed by atoms with van der Waals surface area (Å²) in [6, 6.07) is 2.09. The van der Waals surface area contributed by atoms with Gasteiger partial charge in [-0.15, -0.1) is 11.3 Å². The maximum atomic E-state index is 5.72. The third kappa shape index (κ3) is 3.07. The van der Waals surface area contributed by atoms with Crippen LogP contribution in [-0.4, -0.2) is 12.6 Å². The lowest BCUT2D eigenvalue weighted by atomic mass is 9.96. The van der Waals surface area contributed by atoms with Gasteiger partial charge in [0.1, 0.15) is 0 Å². The molecule has 0 amide bonds. The molecule has 0 aliphatic heterocycles. The van der Waals surface area contributed by atoms with Gasteiger partial charge in [-0.2, -0.15) is 0 Å². The van der Waals surface area contributed by atoms with E-state index in [1.165, 1.54) is 24.1 Å². The van der Waals surface area contributed by atoms with Gasteiger partial charge in [0, 0.05) is 15.8 Å².